The number of hydrogen-bond acceptors (Lipinski definition) is 5. The Balaban J connectivity index is 2.42. The summed E-state index contributed by atoms with van der Waals surface area (Å²) < 4.78 is 31.4. The van der Waals surface area contributed by atoms with Gasteiger partial charge in [-0.15, -0.1) is 0 Å². The highest BCUT2D eigenvalue weighted by atomic mass is 35.5. The van der Waals surface area contributed by atoms with E-state index in [2.05, 4.69) is 5.32 Å². The fourth-order valence-corrected chi connectivity index (χ4v) is 4.58. The Morgan fingerprint density at radius 2 is 1.79 bits per heavy atom. The van der Waals surface area contributed by atoms with Gasteiger partial charge in [0.25, 0.3) is 0 Å². The van der Waals surface area contributed by atoms with Gasteiger partial charge in [0.15, 0.2) is 0 Å². The molecule has 0 bridgehead atoms. The van der Waals surface area contributed by atoms with Crippen molar-refractivity contribution in [2.75, 3.05) is 30.8 Å². The number of nitrogens with one attached hydrogen (secondary N) is 1. The molecule has 1 atom stereocenters. The van der Waals surface area contributed by atoms with Crippen LogP contribution in [-0.4, -0.2) is 57.6 Å². The maximum Gasteiger partial charge on any atom is 0.244 e. The Morgan fingerprint density at radius 1 is 1.12 bits per heavy atom. The highest BCUT2D eigenvalue weighted by Gasteiger charge is 2.31. The topological polar surface area (TPSA) is 96.0 Å². The number of halogens is 1. The number of rotatable bonds is 12. The highest BCUT2D eigenvalue weighted by molar-refractivity contribution is 7.92. The van der Waals surface area contributed by atoms with Crippen LogP contribution in [0.1, 0.15) is 32.3 Å². The molecule has 0 saturated heterocycles. The molecule has 0 fully saturated rings. The lowest BCUT2D eigenvalue weighted by molar-refractivity contribution is -0.140. The molecule has 0 aliphatic rings. The Kier molecular flexibility index (Phi) is 10.2. The number of benzene rings is 2. The van der Waals surface area contributed by atoms with E-state index in [0.29, 0.717) is 18.7 Å². The van der Waals surface area contributed by atoms with Gasteiger partial charge in [-0.3, -0.25) is 13.9 Å². The molecule has 0 saturated carbocycles. The van der Waals surface area contributed by atoms with Crippen molar-refractivity contribution in [1.82, 2.24) is 10.2 Å². The van der Waals surface area contributed by atoms with Gasteiger partial charge in [0, 0.05) is 13.1 Å². The third-order valence-corrected chi connectivity index (χ3v) is 6.67. The molecule has 0 aliphatic carbocycles. The lowest BCUT2D eigenvalue weighted by Crippen LogP contribution is -2.52. The largest absolute Gasteiger partial charge is 0.495 e. The summed E-state index contributed by atoms with van der Waals surface area (Å²) in [5, 5.41) is 3.06. The molecule has 0 heterocycles. The van der Waals surface area contributed by atoms with E-state index in [0.717, 1.165) is 22.5 Å². The summed E-state index contributed by atoms with van der Waals surface area (Å²) in [5.74, 6) is -0.388. The molecule has 34 heavy (non-hydrogen) atoms. The van der Waals surface area contributed by atoms with Gasteiger partial charge in [0.1, 0.15) is 18.3 Å². The summed E-state index contributed by atoms with van der Waals surface area (Å²) in [7, 11) is -2.38. The molecule has 8 nitrogen and oxygen atoms in total. The van der Waals surface area contributed by atoms with Crippen molar-refractivity contribution in [1.29, 1.82) is 0 Å². The van der Waals surface area contributed by atoms with Crippen molar-refractivity contribution in [2.24, 2.45) is 0 Å². The molecule has 10 heteroatoms. The summed E-state index contributed by atoms with van der Waals surface area (Å²) in [4.78, 5) is 27.8. The fourth-order valence-electron chi connectivity index (χ4n) is 3.49. The first-order valence-electron chi connectivity index (χ1n) is 11.0. The first-order chi connectivity index (χ1) is 16.1. The maximum absolute atomic E-state index is 13.5. The van der Waals surface area contributed by atoms with E-state index >= 15 is 0 Å². The zero-order valence-electron chi connectivity index (χ0n) is 20.0. The van der Waals surface area contributed by atoms with Crippen LogP contribution in [0.15, 0.2) is 48.5 Å². The van der Waals surface area contributed by atoms with Crippen molar-refractivity contribution in [3.8, 4) is 5.75 Å². The molecule has 0 spiro atoms. The van der Waals surface area contributed by atoms with Gasteiger partial charge in [-0.2, -0.15) is 0 Å². The lowest BCUT2D eigenvalue weighted by atomic mass is 10.1. The lowest BCUT2D eigenvalue weighted by Gasteiger charge is -2.33. The van der Waals surface area contributed by atoms with E-state index in [1.165, 1.54) is 30.2 Å². The average Bonchev–Trinajstić information content (AvgIpc) is 2.80. The molecule has 0 aromatic heterocycles. The number of carbonyl (C=O) groups excluding carboxylic acids is 2. The molecule has 186 valence electrons. The Hall–Kier alpha value is -2.78. The Bertz CT molecular complexity index is 1080. The number of hydrogen-bond donors (Lipinski definition) is 1. The average molecular weight is 510 g/mol. The minimum Gasteiger partial charge on any atom is -0.495 e. The summed E-state index contributed by atoms with van der Waals surface area (Å²) in [5.41, 5.74) is 1.06. The highest BCUT2D eigenvalue weighted by Crippen LogP contribution is 2.30. The zero-order valence-corrected chi connectivity index (χ0v) is 21.5. The second-order valence-electron chi connectivity index (χ2n) is 7.81. The van der Waals surface area contributed by atoms with Gasteiger partial charge in [-0.1, -0.05) is 55.8 Å². The first-order valence-corrected chi connectivity index (χ1v) is 13.3. The number of amides is 2. The summed E-state index contributed by atoms with van der Waals surface area (Å²) in [6.07, 6.45) is 2.15. The van der Waals surface area contributed by atoms with Gasteiger partial charge in [0.2, 0.25) is 21.8 Å². The summed E-state index contributed by atoms with van der Waals surface area (Å²) >= 11 is 6.20. The number of carbonyl (C=O) groups is 2. The summed E-state index contributed by atoms with van der Waals surface area (Å²) in [6, 6.07) is 13.0. The van der Waals surface area contributed by atoms with E-state index in [1.54, 1.807) is 0 Å². The van der Waals surface area contributed by atoms with E-state index in [1.807, 2.05) is 44.2 Å². The van der Waals surface area contributed by atoms with Crippen LogP contribution < -0.4 is 14.4 Å². The quantitative estimate of drug-likeness (QED) is 0.472. The van der Waals surface area contributed by atoms with Gasteiger partial charge < -0.3 is 15.0 Å². The van der Waals surface area contributed by atoms with Crippen molar-refractivity contribution in [3.05, 3.63) is 59.1 Å². The van der Waals surface area contributed by atoms with E-state index in [9.17, 15) is 18.0 Å². The van der Waals surface area contributed by atoms with Crippen LogP contribution >= 0.6 is 11.6 Å². The van der Waals surface area contributed by atoms with E-state index in [-0.39, 0.29) is 23.2 Å². The summed E-state index contributed by atoms with van der Waals surface area (Å²) in [6.45, 7) is 3.93. The molecule has 0 aliphatic heterocycles. The Labute approximate surface area is 206 Å². The van der Waals surface area contributed by atoms with Crippen molar-refractivity contribution < 1.29 is 22.7 Å². The maximum atomic E-state index is 13.5. The molecule has 1 N–H and O–H groups in total. The second kappa shape index (κ2) is 12.6. The molecule has 2 amide bonds. The minimum absolute atomic E-state index is 0.165. The van der Waals surface area contributed by atoms with Crippen molar-refractivity contribution >= 4 is 39.1 Å². The van der Waals surface area contributed by atoms with Crippen LogP contribution in [0.5, 0.6) is 5.75 Å². The number of ether oxygens (including phenoxy) is 1. The van der Waals surface area contributed by atoms with Crippen LogP contribution in [0.4, 0.5) is 5.69 Å². The normalized spacial score (nSPS) is 12.0. The predicted octanol–water partition coefficient (Wildman–Crippen LogP) is 3.45. The molecule has 2 rings (SSSR count). The van der Waals surface area contributed by atoms with Crippen LogP contribution in [0.3, 0.4) is 0 Å². The molecule has 2 aromatic rings. The van der Waals surface area contributed by atoms with Gasteiger partial charge in [-0.25, -0.2) is 8.42 Å². The van der Waals surface area contributed by atoms with Crippen LogP contribution in [0.2, 0.25) is 5.02 Å². The zero-order chi connectivity index (χ0) is 25.3. The molecule has 0 unspecified atom stereocenters. The molecule has 0 radical (unpaired) electrons. The van der Waals surface area contributed by atoms with Crippen LogP contribution in [0, 0.1) is 0 Å². The van der Waals surface area contributed by atoms with Crippen LogP contribution in [-0.2, 0) is 26.2 Å². The van der Waals surface area contributed by atoms with E-state index < -0.39 is 28.5 Å². The Morgan fingerprint density at radius 3 is 2.32 bits per heavy atom. The smallest absolute Gasteiger partial charge is 0.244 e. The van der Waals surface area contributed by atoms with Crippen molar-refractivity contribution in [2.45, 2.75) is 39.3 Å². The number of nitrogens with zero attached hydrogens (tertiary/aromatic N) is 2. The standard InChI is InChI=1S/C24H32ClN3O5S/c1-5-14-26-24(30)21(6-2)27(16-18-10-8-7-9-11-18)23(29)17-28(34(4,31)32)19-12-13-22(33-3)20(25)15-19/h7-13,15,21H,5-6,14,16-17H2,1-4H3,(H,26,30)/t21-/m1/s1. The van der Waals surface area contributed by atoms with Crippen LogP contribution in [0.25, 0.3) is 0 Å². The number of anilines is 1. The second-order valence-corrected chi connectivity index (χ2v) is 10.1. The van der Waals surface area contributed by atoms with Gasteiger partial charge in [0.05, 0.1) is 24.1 Å². The predicted molar refractivity (Wildman–Crippen MR) is 135 cm³/mol. The van der Waals surface area contributed by atoms with E-state index in [4.69, 9.17) is 16.3 Å². The van der Waals surface area contributed by atoms with Gasteiger partial charge in [-0.05, 0) is 36.6 Å². The molecular weight excluding hydrogens is 478 g/mol. The minimum atomic E-state index is -3.84. The van der Waals surface area contributed by atoms with Crippen molar-refractivity contribution in [3.63, 3.8) is 0 Å². The third kappa shape index (κ3) is 7.36. The fraction of sp³-hybridized carbons (Fsp3) is 0.417. The monoisotopic (exact) mass is 509 g/mol. The first kappa shape index (κ1) is 27.5. The van der Waals surface area contributed by atoms with Gasteiger partial charge >= 0.3 is 0 Å². The third-order valence-electron chi connectivity index (χ3n) is 5.23. The number of sulfonamides is 1. The SMILES string of the molecule is CCCNC(=O)[C@@H](CC)N(Cc1ccccc1)C(=O)CN(c1ccc(OC)c(Cl)c1)S(C)(=O)=O. The molecular formula is C24H32ClN3O5S. The molecule has 2 aromatic carbocycles. The number of methoxy groups -OCH3 is 1.